The standard InChI is InChI=1S/C7H2ClF2IN2O2S/c8-16(14,15)4-2-13-3(1-12)5(6(4)11)7(9)10/h2,7H. The molecular formula is C7H2ClF2IN2O2S. The lowest BCUT2D eigenvalue weighted by Gasteiger charge is -2.07. The number of hydrogen-bond donors (Lipinski definition) is 0. The monoisotopic (exact) mass is 378 g/mol. The Balaban J connectivity index is 3.65. The van der Waals surface area contributed by atoms with Crippen molar-refractivity contribution in [1.29, 1.82) is 5.26 Å². The van der Waals surface area contributed by atoms with E-state index in [0.29, 0.717) is 0 Å². The summed E-state index contributed by atoms with van der Waals surface area (Å²) in [4.78, 5) is 2.81. The minimum absolute atomic E-state index is 0.283. The van der Waals surface area contributed by atoms with Gasteiger partial charge in [0.05, 0.1) is 5.56 Å². The van der Waals surface area contributed by atoms with Crippen LogP contribution in [-0.4, -0.2) is 13.4 Å². The average Bonchev–Trinajstić information content (AvgIpc) is 2.14. The van der Waals surface area contributed by atoms with Gasteiger partial charge in [0.15, 0.2) is 0 Å². The number of nitrogens with zero attached hydrogens (tertiary/aromatic N) is 2. The van der Waals surface area contributed by atoms with Gasteiger partial charge in [0, 0.05) is 20.4 Å². The minimum Gasteiger partial charge on any atom is -0.244 e. The van der Waals surface area contributed by atoms with Crippen molar-refractivity contribution in [3.8, 4) is 6.07 Å². The van der Waals surface area contributed by atoms with E-state index in [1.165, 1.54) is 28.7 Å². The Hall–Kier alpha value is -0.530. The zero-order valence-electron chi connectivity index (χ0n) is 7.29. The fourth-order valence-corrected chi connectivity index (χ4v) is 3.69. The van der Waals surface area contributed by atoms with Gasteiger partial charge in [-0.3, -0.25) is 0 Å². The molecule has 0 unspecified atom stereocenters. The molecule has 0 N–H and O–H groups in total. The van der Waals surface area contributed by atoms with Gasteiger partial charge >= 0.3 is 0 Å². The highest BCUT2D eigenvalue weighted by Crippen LogP contribution is 2.32. The number of pyridine rings is 1. The van der Waals surface area contributed by atoms with E-state index in [1.54, 1.807) is 0 Å². The molecule has 0 saturated carbocycles. The van der Waals surface area contributed by atoms with E-state index < -0.39 is 31.6 Å². The summed E-state index contributed by atoms with van der Waals surface area (Å²) in [5.41, 5.74) is -1.23. The molecule has 1 heterocycles. The fraction of sp³-hybridized carbons (Fsp3) is 0.143. The van der Waals surface area contributed by atoms with Gasteiger partial charge in [-0.15, -0.1) is 0 Å². The van der Waals surface area contributed by atoms with Crippen LogP contribution in [0.15, 0.2) is 11.1 Å². The summed E-state index contributed by atoms with van der Waals surface area (Å²) >= 11 is 1.40. The maximum Gasteiger partial charge on any atom is 0.267 e. The molecule has 86 valence electrons. The molecule has 0 atom stereocenters. The van der Waals surface area contributed by atoms with Crippen LogP contribution in [-0.2, 0) is 9.05 Å². The summed E-state index contributed by atoms with van der Waals surface area (Å²) in [6.45, 7) is 0. The summed E-state index contributed by atoms with van der Waals surface area (Å²) in [5.74, 6) is 0. The van der Waals surface area contributed by atoms with Crippen molar-refractivity contribution in [2.24, 2.45) is 0 Å². The zero-order valence-corrected chi connectivity index (χ0v) is 11.0. The highest BCUT2D eigenvalue weighted by Gasteiger charge is 2.25. The Labute approximate surface area is 108 Å². The lowest BCUT2D eigenvalue weighted by Crippen LogP contribution is -2.04. The predicted octanol–water partition coefficient (Wildman–Crippen LogP) is 2.42. The summed E-state index contributed by atoms with van der Waals surface area (Å²) in [6, 6.07) is 1.46. The van der Waals surface area contributed by atoms with Crippen LogP contribution in [0, 0.1) is 14.9 Å². The van der Waals surface area contributed by atoms with Gasteiger partial charge in [-0.25, -0.2) is 22.2 Å². The van der Waals surface area contributed by atoms with E-state index in [2.05, 4.69) is 4.98 Å². The number of halogens is 4. The normalized spacial score (nSPS) is 11.5. The maximum absolute atomic E-state index is 12.6. The molecule has 0 saturated heterocycles. The molecular weight excluding hydrogens is 377 g/mol. The first kappa shape index (κ1) is 13.5. The van der Waals surface area contributed by atoms with Crippen molar-refractivity contribution in [2.45, 2.75) is 11.3 Å². The lowest BCUT2D eigenvalue weighted by atomic mass is 10.2. The molecule has 0 radical (unpaired) electrons. The van der Waals surface area contributed by atoms with Crippen LogP contribution >= 0.6 is 33.3 Å². The molecule has 9 heteroatoms. The van der Waals surface area contributed by atoms with Crippen molar-refractivity contribution < 1.29 is 17.2 Å². The fourth-order valence-electron chi connectivity index (χ4n) is 0.944. The third-order valence-corrected chi connectivity index (χ3v) is 4.47. The van der Waals surface area contributed by atoms with Gasteiger partial charge in [0.25, 0.3) is 15.5 Å². The van der Waals surface area contributed by atoms with Gasteiger partial charge in [0.1, 0.15) is 16.7 Å². The number of aromatic nitrogens is 1. The van der Waals surface area contributed by atoms with Crippen molar-refractivity contribution in [1.82, 2.24) is 4.98 Å². The molecule has 0 fully saturated rings. The SMILES string of the molecule is N#Cc1ncc(S(=O)(=O)Cl)c(I)c1C(F)F. The second kappa shape index (κ2) is 4.77. The first-order valence-corrected chi connectivity index (χ1v) is 6.99. The molecule has 0 aliphatic heterocycles. The van der Waals surface area contributed by atoms with Crippen molar-refractivity contribution in [3.63, 3.8) is 0 Å². The van der Waals surface area contributed by atoms with E-state index in [0.717, 1.165) is 6.20 Å². The van der Waals surface area contributed by atoms with Crippen molar-refractivity contribution >= 4 is 42.3 Å². The van der Waals surface area contributed by atoms with Gasteiger partial charge in [-0.05, 0) is 22.6 Å². The molecule has 0 aromatic carbocycles. The molecule has 0 spiro atoms. The van der Waals surface area contributed by atoms with Gasteiger partial charge < -0.3 is 0 Å². The number of nitriles is 1. The number of alkyl halides is 2. The maximum atomic E-state index is 12.6. The molecule has 4 nitrogen and oxygen atoms in total. The Kier molecular flexibility index (Phi) is 4.03. The van der Waals surface area contributed by atoms with Crippen LogP contribution in [0.1, 0.15) is 17.7 Å². The third-order valence-electron chi connectivity index (χ3n) is 1.61. The molecule has 0 bridgehead atoms. The highest BCUT2D eigenvalue weighted by molar-refractivity contribution is 14.1. The topological polar surface area (TPSA) is 70.8 Å². The van der Waals surface area contributed by atoms with Gasteiger partial charge in [0.2, 0.25) is 0 Å². The van der Waals surface area contributed by atoms with Gasteiger partial charge in [-0.2, -0.15) is 5.26 Å². The molecule has 1 aromatic rings. The Bertz CT molecular complexity index is 570. The first-order valence-electron chi connectivity index (χ1n) is 3.60. The van der Waals surface area contributed by atoms with Crippen molar-refractivity contribution in [2.75, 3.05) is 0 Å². The Morgan fingerprint density at radius 3 is 2.50 bits per heavy atom. The van der Waals surface area contributed by atoms with Crippen LogP contribution in [0.4, 0.5) is 8.78 Å². The van der Waals surface area contributed by atoms with E-state index >= 15 is 0 Å². The Morgan fingerprint density at radius 1 is 1.56 bits per heavy atom. The van der Waals surface area contributed by atoms with Crippen LogP contribution in [0.25, 0.3) is 0 Å². The number of hydrogen-bond acceptors (Lipinski definition) is 4. The molecule has 16 heavy (non-hydrogen) atoms. The van der Waals surface area contributed by atoms with E-state index in [-0.39, 0.29) is 3.57 Å². The molecule has 1 rings (SSSR count). The van der Waals surface area contributed by atoms with Crippen LogP contribution in [0.2, 0.25) is 0 Å². The molecule has 0 aliphatic carbocycles. The second-order valence-electron chi connectivity index (χ2n) is 2.55. The summed E-state index contributed by atoms with van der Waals surface area (Å²) in [7, 11) is 0.881. The summed E-state index contributed by atoms with van der Waals surface area (Å²) in [5, 5.41) is 8.55. The number of rotatable bonds is 2. The zero-order chi connectivity index (χ0) is 12.5. The minimum atomic E-state index is -4.16. The highest BCUT2D eigenvalue weighted by atomic mass is 127. The van der Waals surface area contributed by atoms with Crippen molar-refractivity contribution in [3.05, 3.63) is 21.0 Å². The second-order valence-corrected chi connectivity index (χ2v) is 6.16. The first-order chi connectivity index (χ1) is 7.29. The molecule has 0 aliphatic rings. The van der Waals surface area contributed by atoms with Crippen LogP contribution < -0.4 is 0 Å². The summed E-state index contributed by atoms with van der Waals surface area (Å²) < 4.78 is 47.0. The lowest BCUT2D eigenvalue weighted by molar-refractivity contribution is 0.149. The van der Waals surface area contributed by atoms with Gasteiger partial charge in [-0.1, -0.05) is 0 Å². The van der Waals surface area contributed by atoms with E-state index in [1.807, 2.05) is 0 Å². The van der Waals surface area contributed by atoms with E-state index in [4.69, 9.17) is 15.9 Å². The molecule has 1 aromatic heterocycles. The smallest absolute Gasteiger partial charge is 0.244 e. The molecule has 0 amide bonds. The van der Waals surface area contributed by atoms with Crippen LogP contribution in [0.5, 0.6) is 0 Å². The quantitative estimate of drug-likeness (QED) is 0.585. The van der Waals surface area contributed by atoms with E-state index in [9.17, 15) is 17.2 Å². The summed E-state index contributed by atoms with van der Waals surface area (Å²) in [6.07, 6.45) is -2.21. The average molecular weight is 379 g/mol. The predicted molar refractivity (Wildman–Crippen MR) is 59.7 cm³/mol. The Morgan fingerprint density at radius 2 is 2.12 bits per heavy atom. The van der Waals surface area contributed by atoms with Crippen LogP contribution in [0.3, 0.4) is 0 Å². The largest absolute Gasteiger partial charge is 0.267 e. The third kappa shape index (κ3) is 2.58.